The van der Waals surface area contributed by atoms with Crippen LogP contribution < -0.4 is 0 Å². The zero-order valence-corrected chi connectivity index (χ0v) is 13.2. The molecule has 1 amide bonds. The van der Waals surface area contributed by atoms with Crippen LogP contribution in [0.5, 0.6) is 5.75 Å². The van der Waals surface area contributed by atoms with Gasteiger partial charge in [-0.05, 0) is 24.7 Å². The van der Waals surface area contributed by atoms with Crippen molar-refractivity contribution in [1.29, 1.82) is 0 Å². The number of phenolic OH excluding ortho intramolecular Hbond substituents is 1. The number of likely N-dealkylation sites (N-methyl/N-ethyl adjacent to an activating group) is 1. The number of phenols is 1. The van der Waals surface area contributed by atoms with Gasteiger partial charge in [0.15, 0.2) is 0 Å². The monoisotopic (exact) mass is 347 g/mol. The molecule has 0 aliphatic rings. The Morgan fingerprint density at radius 2 is 1.87 bits per heavy atom. The van der Waals surface area contributed by atoms with Crippen molar-refractivity contribution in [3.05, 3.63) is 34.7 Å². The van der Waals surface area contributed by atoms with Crippen LogP contribution in [-0.2, 0) is 9.36 Å². The van der Waals surface area contributed by atoms with Crippen LogP contribution in [-0.4, -0.2) is 62.7 Å². The minimum absolute atomic E-state index is 0.0696. The largest absolute Gasteiger partial charge is 0.508 e. The number of nitrogens with zero attached hydrogens (tertiary/aromatic N) is 3. The minimum atomic E-state index is -4.65. The predicted octanol–water partition coefficient (Wildman–Crippen LogP) is 0.484. The van der Waals surface area contributed by atoms with Crippen molar-refractivity contribution in [2.75, 3.05) is 26.7 Å². The van der Waals surface area contributed by atoms with E-state index in [9.17, 15) is 34.4 Å². The van der Waals surface area contributed by atoms with Crippen molar-refractivity contribution < 1.29 is 29.5 Å². The number of hydroxylamine groups is 2. The molecule has 0 saturated heterocycles. The average molecular weight is 347 g/mol. The number of rotatable bonds is 8. The van der Waals surface area contributed by atoms with Gasteiger partial charge in [0.05, 0.1) is 13.1 Å². The summed E-state index contributed by atoms with van der Waals surface area (Å²) in [6.07, 6.45) is 0. The van der Waals surface area contributed by atoms with Crippen LogP contribution >= 0.6 is 7.60 Å². The number of carbonyl (C=O) groups is 1. The Kier molecular flexibility index (Phi) is 6.79. The van der Waals surface area contributed by atoms with Gasteiger partial charge in [0.2, 0.25) is 0 Å². The van der Waals surface area contributed by atoms with E-state index < -0.39 is 25.8 Å². The zero-order chi connectivity index (χ0) is 17.6. The van der Waals surface area contributed by atoms with Crippen molar-refractivity contribution in [2.24, 2.45) is 5.18 Å². The Labute approximate surface area is 132 Å². The topological polar surface area (TPSA) is 151 Å². The first kappa shape index (κ1) is 19.2. The number of benzene rings is 1. The molecule has 0 spiro atoms. The highest BCUT2D eigenvalue weighted by Gasteiger charge is 2.35. The van der Waals surface area contributed by atoms with E-state index in [0.29, 0.717) is 0 Å². The van der Waals surface area contributed by atoms with Gasteiger partial charge in [-0.1, -0.05) is 17.3 Å². The van der Waals surface area contributed by atoms with E-state index in [1.165, 1.54) is 31.3 Å². The van der Waals surface area contributed by atoms with E-state index in [1.807, 2.05) is 0 Å². The third kappa shape index (κ3) is 5.70. The highest BCUT2D eigenvalue weighted by molar-refractivity contribution is 7.52. The molecule has 0 aliphatic heterocycles. The van der Waals surface area contributed by atoms with Crippen LogP contribution in [0.15, 0.2) is 29.4 Å². The van der Waals surface area contributed by atoms with Gasteiger partial charge in [-0.25, -0.2) is 5.06 Å². The Morgan fingerprint density at radius 1 is 1.30 bits per heavy atom. The molecule has 23 heavy (non-hydrogen) atoms. The van der Waals surface area contributed by atoms with Gasteiger partial charge in [0.1, 0.15) is 18.1 Å². The molecule has 1 aromatic rings. The lowest BCUT2D eigenvalue weighted by Gasteiger charge is -2.29. The van der Waals surface area contributed by atoms with Gasteiger partial charge in [-0.15, -0.1) is 0 Å². The SMILES string of the molecule is CN(CC(=O)N(O)CCN=O)C(c1ccc(O)cc1)P(=O)(O)O. The maximum absolute atomic E-state index is 11.8. The summed E-state index contributed by atoms with van der Waals surface area (Å²) in [4.78, 5) is 41.9. The maximum atomic E-state index is 11.8. The normalized spacial score (nSPS) is 12.9. The first-order valence-electron chi connectivity index (χ1n) is 6.49. The second-order valence-electron chi connectivity index (χ2n) is 4.84. The standard InChI is InChI=1S/C12H18N3O7P/c1-14(8-11(17)15(19)7-6-13-18)12(23(20,21)22)9-2-4-10(16)5-3-9/h2-5,12,16,19H,6-8H2,1H3,(H2,20,21,22). The average Bonchev–Trinajstić information content (AvgIpc) is 2.45. The summed E-state index contributed by atoms with van der Waals surface area (Å²) >= 11 is 0. The third-order valence-corrected chi connectivity index (χ3v) is 4.33. The first-order chi connectivity index (χ1) is 10.7. The number of hydrogen-bond donors (Lipinski definition) is 4. The molecule has 0 aromatic heterocycles. The second-order valence-corrected chi connectivity index (χ2v) is 6.51. The smallest absolute Gasteiger partial charge is 0.347 e. The molecule has 4 N–H and O–H groups in total. The fourth-order valence-corrected chi connectivity index (χ4v) is 3.15. The summed E-state index contributed by atoms with van der Waals surface area (Å²) < 4.78 is 11.7. The van der Waals surface area contributed by atoms with Gasteiger partial charge < -0.3 is 14.9 Å². The Hall–Kier alpha value is -1.84. The summed E-state index contributed by atoms with van der Waals surface area (Å²) in [6, 6.07) is 5.18. The second kappa shape index (κ2) is 8.14. The molecule has 128 valence electrons. The highest BCUT2D eigenvalue weighted by Crippen LogP contribution is 2.53. The Morgan fingerprint density at radius 3 is 2.35 bits per heavy atom. The molecule has 10 nitrogen and oxygen atoms in total. The highest BCUT2D eigenvalue weighted by atomic mass is 31.2. The summed E-state index contributed by atoms with van der Waals surface area (Å²) in [5, 5.41) is 21.4. The van der Waals surface area contributed by atoms with Crippen molar-refractivity contribution in [3.63, 3.8) is 0 Å². The van der Waals surface area contributed by atoms with Gasteiger partial charge in [0, 0.05) is 0 Å². The van der Waals surface area contributed by atoms with Gasteiger partial charge in [-0.3, -0.25) is 19.5 Å². The molecule has 1 aromatic carbocycles. The molecule has 0 fully saturated rings. The Balaban J connectivity index is 2.91. The molecular formula is C12H18N3O7P. The van der Waals surface area contributed by atoms with Crippen LogP contribution in [0, 0.1) is 4.91 Å². The minimum Gasteiger partial charge on any atom is -0.508 e. The fraction of sp³-hybridized carbons (Fsp3) is 0.417. The van der Waals surface area contributed by atoms with E-state index >= 15 is 0 Å². The molecular weight excluding hydrogens is 329 g/mol. The number of amides is 1. The Bertz CT molecular complexity index is 589. The molecule has 1 atom stereocenters. The van der Waals surface area contributed by atoms with Crippen LogP contribution in [0.3, 0.4) is 0 Å². The quantitative estimate of drug-likeness (QED) is 0.229. The summed E-state index contributed by atoms with van der Waals surface area (Å²) in [5.74, 6) is -2.34. The third-order valence-electron chi connectivity index (χ3n) is 3.00. The lowest BCUT2D eigenvalue weighted by molar-refractivity contribution is -0.165. The lowest BCUT2D eigenvalue weighted by Crippen LogP contribution is -2.39. The van der Waals surface area contributed by atoms with E-state index in [4.69, 9.17) is 0 Å². The van der Waals surface area contributed by atoms with Crippen molar-refractivity contribution in [2.45, 2.75) is 5.78 Å². The van der Waals surface area contributed by atoms with E-state index in [0.717, 1.165) is 4.90 Å². The van der Waals surface area contributed by atoms with E-state index in [-0.39, 0.29) is 29.5 Å². The summed E-state index contributed by atoms with van der Waals surface area (Å²) in [5.41, 5.74) is 0.200. The van der Waals surface area contributed by atoms with Crippen LogP contribution in [0.25, 0.3) is 0 Å². The summed E-state index contributed by atoms with van der Waals surface area (Å²) in [6.45, 7) is -1.10. The summed E-state index contributed by atoms with van der Waals surface area (Å²) in [7, 11) is -3.35. The first-order valence-corrected chi connectivity index (χ1v) is 8.17. The zero-order valence-electron chi connectivity index (χ0n) is 12.3. The molecule has 1 rings (SSSR count). The molecule has 0 radical (unpaired) electrons. The maximum Gasteiger partial charge on any atom is 0.347 e. The van der Waals surface area contributed by atoms with Gasteiger partial charge in [0.25, 0.3) is 5.91 Å². The van der Waals surface area contributed by atoms with E-state index in [2.05, 4.69) is 5.18 Å². The fourth-order valence-electron chi connectivity index (χ4n) is 1.99. The van der Waals surface area contributed by atoms with Crippen LogP contribution in [0.2, 0.25) is 0 Å². The van der Waals surface area contributed by atoms with Crippen molar-refractivity contribution in [1.82, 2.24) is 9.96 Å². The van der Waals surface area contributed by atoms with Crippen LogP contribution in [0.1, 0.15) is 11.3 Å². The molecule has 0 aliphatic carbocycles. The molecule has 0 bridgehead atoms. The van der Waals surface area contributed by atoms with Crippen molar-refractivity contribution >= 4 is 13.5 Å². The molecule has 0 saturated carbocycles. The predicted molar refractivity (Wildman–Crippen MR) is 79.7 cm³/mol. The molecule has 11 heteroatoms. The van der Waals surface area contributed by atoms with Crippen LogP contribution in [0.4, 0.5) is 0 Å². The number of nitroso groups, excluding NO2 is 1. The molecule has 1 unspecified atom stereocenters. The van der Waals surface area contributed by atoms with Gasteiger partial charge in [-0.2, -0.15) is 4.91 Å². The number of aromatic hydroxyl groups is 1. The lowest BCUT2D eigenvalue weighted by atomic mass is 10.2. The number of hydrogen-bond acceptors (Lipinski definition) is 7. The van der Waals surface area contributed by atoms with E-state index in [1.54, 1.807) is 0 Å². The van der Waals surface area contributed by atoms with Crippen molar-refractivity contribution in [3.8, 4) is 5.75 Å². The number of carbonyl (C=O) groups excluding carboxylic acids is 1. The van der Waals surface area contributed by atoms with Gasteiger partial charge >= 0.3 is 7.60 Å². The molecule has 0 heterocycles.